The Morgan fingerprint density at radius 1 is 1.53 bits per heavy atom. The summed E-state index contributed by atoms with van der Waals surface area (Å²) in [6, 6.07) is 3.60. The average molecular weight is 363 g/mol. The molecule has 4 nitrogen and oxygen atoms in total. The number of hydrogen-bond acceptors (Lipinski definition) is 4. The van der Waals surface area contributed by atoms with Gasteiger partial charge in [0.15, 0.2) is 0 Å². The van der Waals surface area contributed by atoms with E-state index in [2.05, 4.69) is 21.4 Å². The Balaban J connectivity index is 2.34. The van der Waals surface area contributed by atoms with E-state index in [0.717, 1.165) is 17.3 Å². The van der Waals surface area contributed by atoms with E-state index in [9.17, 15) is 4.79 Å². The topological polar surface area (TPSA) is 78.3 Å². The number of anilines is 1. The van der Waals surface area contributed by atoms with Crippen molar-refractivity contribution in [1.29, 1.82) is 0 Å². The predicted octanol–water partition coefficient (Wildman–Crippen LogP) is -2.15. The molecule has 2 unspecified atom stereocenters. The van der Waals surface area contributed by atoms with Crippen LogP contribution in [0.5, 0.6) is 0 Å². The number of carbonyl (C=O) groups is 1. The Kier molecular flexibility index (Phi) is 4.01. The molecule has 0 spiro atoms. The van der Waals surface area contributed by atoms with E-state index >= 15 is 0 Å². The molecule has 0 saturated heterocycles. The molecular formula is C11H13IN2O2P-. The third-order valence-electron chi connectivity index (χ3n) is 2.75. The molecule has 2 rings (SSSR count). The number of nitrogens with two attached hydrogens (primary N) is 2. The SMILES string of the molecule is N[I-]OC(=O)c1cc(P)c(C2C=CC2)cc1N. The van der Waals surface area contributed by atoms with Crippen LogP contribution in [0.2, 0.25) is 0 Å². The molecule has 0 fully saturated rings. The molecule has 4 N–H and O–H groups in total. The Labute approximate surface area is 113 Å². The molecular weight excluding hydrogens is 350 g/mol. The molecule has 17 heavy (non-hydrogen) atoms. The van der Waals surface area contributed by atoms with Crippen LogP contribution in [0, 0.1) is 0 Å². The maximum atomic E-state index is 11.6. The van der Waals surface area contributed by atoms with Gasteiger partial charge < -0.3 is 0 Å². The van der Waals surface area contributed by atoms with Crippen molar-refractivity contribution in [2.45, 2.75) is 12.3 Å². The van der Waals surface area contributed by atoms with Gasteiger partial charge in [-0.1, -0.05) is 0 Å². The minimum absolute atomic E-state index is 0.396. The van der Waals surface area contributed by atoms with Crippen molar-refractivity contribution in [3.05, 3.63) is 35.4 Å². The van der Waals surface area contributed by atoms with Gasteiger partial charge in [0.1, 0.15) is 0 Å². The summed E-state index contributed by atoms with van der Waals surface area (Å²) in [6.45, 7) is 0. The fourth-order valence-corrected chi connectivity index (χ4v) is 2.67. The summed E-state index contributed by atoms with van der Waals surface area (Å²) in [5, 5.41) is 0.982. The Bertz CT molecular complexity index is 491. The molecule has 0 aromatic heterocycles. The van der Waals surface area contributed by atoms with Crippen LogP contribution in [-0.4, -0.2) is 5.97 Å². The van der Waals surface area contributed by atoms with Gasteiger partial charge in [0.25, 0.3) is 0 Å². The number of hydrogen-bond donors (Lipinski definition) is 2. The van der Waals surface area contributed by atoms with Gasteiger partial charge in [-0.05, 0) is 0 Å². The monoisotopic (exact) mass is 363 g/mol. The molecule has 1 aliphatic rings. The van der Waals surface area contributed by atoms with E-state index in [4.69, 9.17) is 12.7 Å². The van der Waals surface area contributed by atoms with Crippen LogP contribution in [0.25, 0.3) is 0 Å². The molecule has 0 saturated carbocycles. The second-order valence-electron chi connectivity index (χ2n) is 3.79. The van der Waals surface area contributed by atoms with Crippen LogP contribution in [0.15, 0.2) is 24.3 Å². The molecule has 0 amide bonds. The summed E-state index contributed by atoms with van der Waals surface area (Å²) in [7, 11) is 2.64. The van der Waals surface area contributed by atoms with Gasteiger partial charge in [0.2, 0.25) is 0 Å². The third kappa shape index (κ3) is 2.61. The quantitative estimate of drug-likeness (QED) is 0.211. The van der Waals surface area contributed by atoms with Gasteiger partial charge in [0.05, 0.1) is 0 Å². The zero-order chi connectivity index (χ0) is 12.4. The van der Waals surface area contributed by atoms with Gasteiger partial charge in [-0.3, -0.25) is 0 Å². The Morgan fingerprint density at radius 3 is 2.76 bits per heavy atom. The molecule has 6 heteroatoms. The molecule has 92 valence electrons. The van der Waals surface area contributed by atoms with Crippen LogP contribution in [0.4, 0.5) is 5.69 Å². The van der Waals surface area contributed by atoms with Gasteiger partial charge >= 0.3 is 113 Å². The van der Waals surface area contributed by atoms with E-state index in [1.807, 2.05) is 6.07 Å². The Hall–Kier alpha value is -0.650. The van der Waals surface area contributed by atoms with E-state index in [0.29, 0.717) is 17.2 Å². The fourth-order valence-electron chi connectivity index (χ4n) is 1.73. The fraction of sp³-hybridized carbons (Fsp3) is 0.182. The van der Waals surface area contributed by atoms with E-state index in [1.54, 1.807) is 6.07 Å². The summed E-state index contributed by atoms with van der Waals surface area (Å²) in [5.41, 5.74) is 7.87. The van der Waals surface area contributed by atoms with Crippen molar-refractivity contribution < 1.29 is 29.8 Å². The predicted molar refractivity (Wildman–Crippen MR) is 66.3 cm³/mol. The van der Waals surface area contributed by atoms with Gasteiger partial charge in [-0.25, -0.2) is 0 Å². The number of halogens is 1. The third-order valence-corrected chi connectivity index (χ3v) is 3.90. The number of carbonyl (C=O) groups excluding carboxylic acids is 1. The molecule has 0 radical (unpaired) electrons. The van der Waals surface area contributed by atoms with Gasteiger partial charge in [-0.15, -0.1) is 0 Å². The first-order chi connectivity index (χ1) is 8.13. The minimum atomic E-state index is -1.02. The van der Waals surface area contributed by atoms with Crippen LogP contribution < -0.4 is 36.9 Å². The first-order valence-electron chi connectivity index (χ1n) is 5.03. The Morgan fingerprint density at radius 2 is 2.24 bits per heavy atom. The molecule has 2 atom stereocenters. The zero-order valence-corrected chi connectivity index (χ0v) is 12.3. The van der Waals surface area contributed by atoms with Gasteiger partial charge in [-0.2, -0.15) is 0 Å². The second-order valence-corrected chi connectivity index (χ2v) is 5.36. The molecule has 0 bridgehead atoms. The van der Waals surface area contributed by atoms with Gasteiger partial charge in [0, 0.05) is 0 Å². The van der Waals surface area contributed by atoms with E-state index in [1.165, 1.54) is 0 Å². The van der Waals surface area contributed by atoms with E-state index < -0.39 is 27.9 Å². The number of rotatable bonds is 3. The van der Waals surface area contributed by atoms with Crippen LogP contribution in [0.1, 0.15) is 28.3 Å². The standard InChI is InChI=1S/C11H13IN2O2P/c13-9-4-7(6-2-1-3-6)10(17)5-8(9)11(15)16-12-14/h1-2,4-6H,3,13-14,17H2/q-1. The van der Waals surface area contributed by atoms with Crippen molar-refractivity contribution >= 4 is 26.2 Å². The molecule has 0 aliphatic heterocycles. The molecule has 1 aromatic rings. The normalized spacial score (nSPS) is 17.9. The van der Waals surface area contributed by atoms with Crippen molar-refractivity contribution in [2.24, 2.45) is 3.95 Å². The molecule has 1 aliphatic carbocycles. The summed E-state index contributed by atoms with van der Waals surface area (Å²) >= 11 is -1.02. The summed E-state index contributed by atoms with van der Waals surface area (Å²) in [4.78, 5) is 11.6. The number of allylic oxidation sites excluding steroid dienone is 2. The van der Waals surface area contributed by atoms with Crippen LogP contribution in [-0.2, 0) is 3.07 Å². The first kappa shape index (κ1) is 12.8. The summed E-state index contributed by atoms with van der Waals surface area (Å²) < 4.78 is 10.1. The van der Waals surface area contributed by atoms with Crippen molar-refractivity contribution in [3.8, 4) is 0 Å². The second kappa shape index (κ2) is 5.33. The van der Waals surface area contributed by atoms with Crippen LogP contribution in [0.3, 0.4) is 0 Å². The van der Waals surface area contributed by atoms with Crippen molar-refractivity contribution in [2.75, 3.05) is 5.73 Å². The van der Waals surface area contributed by atoms with Crippen molar-refractivity contribution in [3.63, 3.8) is 0 Å². The number of benzene rings is 1. The summed E-state index contributed by atoms with van der Waals surface area (Å²) in [6.07, 6.45) is 5.27. The number of nitrogen functional groups attached to an aromatic ring is 1. The molecule has 1 aromatic carbocycles. The maximum absolute atomic E-state index is 11.6. The first-order valence-corrected chi connectivity index (χ1v) is 7.74. The van der Waals surface area contributed by atoms with E-state index in [-0.39, 0.29) is 0 Å². The zero-order valence-electron chi connectivity index (χ0n) is 9.02. The average Bonchev–Trinajstić information content (AvgIpc) is 2.20. The van der Waals surface area contributed by atoms with Crippen molar-refractivity contribution in [1.82, 2.24) is 0 Å². The van der Waals surface area contributed by atoms with Crippen LogP contribution >= 0.6 is 9.24 Å². The molecule has 0 heterocycles. The summed E-state index contributed by atoms with van der Waals surface area (Å²) in [5.74, 6) is -0.0194.